The first kappa shape index (κ1) is 17.3. The maximum atomic E-state index is 13.3. The third kappa shape index (κ3) is 3.50. The number of halogens is 6. The molecule has 0 saturated heterocycles. The van der Waals surface area contributed by atoms with Gasteiger partial charge in [0.05, 0.1) is 11.3 Å². The Bertz CT molecular complexity index is 687. The second-order valence-electron chi connectivity index (χ2n) is 4.52. The highest BCUT2D eigenvalue weighted by molar-refractivity contribution is 7.99. The van der Waals surface area contributed by atoms with E-state index >= 15 is 0 Å². The SMILES string of the molecule is N#Cc1ccc(C2(C(F)(F)F)C=CN=N2)cc1SCC(F)(F)F. The summed E-state index contributed by atoms with van der Waals surface area (Å²) in [6, 6.07) is 4.62. The van der Waals surface area contributed by atoms with Gasteiger partial charge in [-0.15, -0.1) is 11.8 Å². The van der Waals surface area contributed by atoms with Crippen LogP contribution in [-0.2, 0) is 5.54 Å². The van der Waals surface area contributed by atoms with Crippen molar-refractivity contribution < 1.29 is 26.3 Å². The van der Waals surface area contributed by atoms with Crippen LogP contribution in [-0.4, -0.2) is 18.1 Å². The first-order valence-electron chi connectivity index (χ1n) is 6.00. The molecule has 0 amide bonds. The number of hydrogen-bond acceptors (Lipinski definition) is 4. The minimum Gasteiger partial charge on any atom is -0.192 e. The van der Waals surface area contributed by atoms with Gasteiger partial charge in [-0.05, 0) is 23.8 Å². The van der Waals surface area contributed by atoms with Crippen LogP contribution < -0.4 is 0 Å². The van der Waals surface area contributed by atoms with Crippen molar-refractivity contribution in [1.29, 1.82) is 5.26 Å². The van der Waals surface area contributed by atoms with Gasteiger partial charge >= 0.3 is 12.4 Å². The number of thioether (sulfide) groups is 1. The smallest absolute Gasteiger partial charge is 0.192 e. The van der Waals surface area contributed by atoms with Crippen LogP contribution in [0.2, 0.25) is 0 Å². The molecule has 1 unspecified atom stereocenters. The number of benzene rings is 1. The first-order valence-corrected chi connectivity index (χ1v) is 6.98. The summed E-state index contributed by atoms with van der Waals surface area (Å²) < 4.78 is 76.9. The molecule has 0 radical (unpaired) electrons. The molecule has 1 heterocycles. The van der Waals surface area contributed by atoms with Crippen LogP contribution in [0.15, 0.2) is 45.6 Å². The van der Waals surface area contributed by atoms with Gasteiger partial charge in [0, 0.05) is 11.1 Å². The lowest BCUT2D eigenvalue weighted by Crippen LogP contribution is -2.37. The van der Waals surface area contributed by atoms with E-state index in [1.54, 1.807) is 6.07 Å². The zero-order valence-corrected chi connectivity index (χ0v) is 11.9. The van der Waals surface area contributed by atoms with Crippen LogP contribution in [0, 0.1) is 11.3 Å². The number of rotatable bonds is 3. The summed E-state index contributed by atoms with van der Waals surface area (Å²) in [6.45, 7) is 0. The van der Waals surface area contributed by atoms with Gasteiger partial charge in [-0.3, -0.25) is 0 Å². The van der Waals surface area contributed by atoms with Crippen molar-refractivity contribution in [2.75, 3.05) is 5.75 Å². The Hall–Kier alpha value is -2.02. The quantitative estimate of drug-likeness (QED) is 0.571. The molecule has 10 heteroatoms. The van der Waals surface area contributed by atoms with E-state index in [0.29, 0.717) is 6.08 Å². The standard InChI is InChI=1S/C13H7F6N3S/c14-12(15,16)7-23-10-5-9(2-1-8(10)6-20)11(13(17,18)19)3-4-21-22-11/h1-5H,7H2. The van der Waals surface area contributed by atoms with E-state index in [0.717, 1.165) is 24.4 Å². The van der Waals surface area contributed by atoms with Crippen molar-refractivity contribution in [1.82, 2.24) is 0 Å². The van der Waals surface area contributed by atoms with Crippen molar-refractivity contribution in [3.8, 4) is 6.07 Å². The van der Waals surface area contributed by atoms with Gasteiger partial charge < -0.3 is 0 Å². The van der Waals surface area contributed by atoms with E-state index in [-0.39, 0.29) is 22.2 Å². The monoisotopic (exact) mass is 351 g/mol. The summed E-state index contributed by atoms with van der Waals surface area (Å²) in [5.41, 5.74) is -3.28. The lowest BCUT2D eigenvalue weighted by atomic mass is 9.90. The van der Waals surface area contributed by atoms with Gasteiger partial charge in [0.25, 0.3) is 0 Å². The van der Waals surface area contributed by atoms with Gasteiger partial charge in [-0.1, -0.05) is 6.07 Å². The normalized spacial score (nSPS) is 20.7. The highest BCUT2D eigenvalue weighted by atomic mass is 32.2. The Labute approximate surface area is 130 Å². The number of nitriles is 1. The van der Waals surface area contributed by atoms with Crippen LogP contribution in [0.25, 0.3) is 0 Å². The molecule has 0 fully saturated rings. The summed E-state index contributed by atoms with van der Waals surface area (Å²) in [7, 11) is 0. The molecule has 1 aromatic rings. The summed E-state index contributed by atoms with van der Waals surface area (Å²) in [5, 5.41) is 15.3. The second-order valence-corrected chi connectivity index (χ2v) is 5.54. The number of nitrogens with zero attached hydrogens (tertiary/aromatic N) is 3. The molecule has 1 atom stereocenters. The molecular formula is C13H7F6N3S. The molecule has 1 aromatic carbocycles. The summed E-state index contributed by atoms with van der Waals surface area (Å²) in [4.78, 5) is -0.193. The third-order valence-electron chi connectivity index (χ3n) is 2.96. The van der Waals surface area contributed by atoms with Crippen molar-refractivity contribution in [2.45, 2.75) is 22.8 Å². The number of alkyl halides is 6. The molecule has 0 aliphatic carbocycles. The van der Waals surface area contributed by atoms with Crippen LogP contribution in [0.3, 0.4) is 0 Å². The van der Waals surface area contributed by atoms with Gasteiger partial charge in [0.15, 0.2) is 0 Å². The lowest BCUT2D eigenvalue weighted by molar-refractivity contribution is -0.174. The molecule has 1 aliphatic rings. The average molecular weight is 351 g/mol. The number of azo groups is 1. The van der Waals surface area contributed by atoms with Crippen LogP contribution in [0.5, 0.6) is 0 Å². The van der Waals surface area contributed by atoms with E-state index in [4.69, 9.17) is 5.26 Å². The molecule has 0 spiro atoms. The van der Waals surface area contributed by atoms with Gasteiger partial charge in [-0.25, -0.2) is 0 Å². The molecule has 1 aliphatic heterocycles. The number of hydrogen-bond donors (Lipinski definition) is 0. The molecule has 0 N–H and O–H groups in total. The van der Waals surface area contributed by atoms with E-state index in [1.165, 1.54) is 0 Å². The summed E-state index contributed by atoms with van der Waals surface area (Å²) in [5.74, 6) is -1.32. The maximum absolute atomic E-state index is 13.3. The highest BCUT2D eigenvalue weighted by Crippen LogP contribution is 2.47. The van der Waals surface area contributed by atoms with Crippen molar-refractivity contribution in [2.24, 2.45) is 10.2 Å². The topological polar surface area (TPSA) is 48.5 Å². The highest BCUT2D eigenvalue weighted by Gasteiger charge is 2.56. The van der Waals surface area contributed by atoms with E-state index < -0.39 is 29.2 Å². The Morgan fingerprint density at radius 2 is 1.87 bits per heavy atom. The fourth-order valence-electron chi connectivity index (χ4n) is 1.90. The molecule has 0 bridgehead atoms. The fourth-order valence-corrected chi connectivity index (χ4v) is 2.70. The predicted molar refractivity (Wildman–Crippen MR) is 69.7 cm³/mol. The average Bonchev–Trinajstić information content (AvgIpc) is 2.94. The summed E-state index contributed by atoms with van der Waals surface area (Å²) in [6.07, 6.45) is -7.74. The molecular weight excluding hydrogens is 344 g/mol. The fraction of sp³-hybridized carbons (Fsp3) is 0.308. The van der Waals surface area contributed by atoms with Crippen molar-refractivity contribution >= 4 is 11.8 Å². The molecule has 0 aromatic heterocycles. The molecule has 3 nitrogen and oxygen atoms in total. The van der Waals surface area contributed by atoms with Crippen LogP contribution in [0.4, 0.5) is 26.3 Å². The summed E-state index contributed by atoms with van der Waals surface area (Å²) >= 11 is 0.250. The minimum absolute atomic E-state index is 0.140. The van der Waals surface area contributed by atoms with E-state index in [2.05, 4.69) is 10.2 Å². The zero-order valence-electron chi connectivity index (χ0n) is 11.1. The van der Waals surface area contributed by atoms with Gasteiger partial charge in [0.1, 0.15) is 6.07 Å². The zero-order chi connectivity index (χ0) is 17.3. The minimum atomic E-state index is -4.82. The largest absolute Gasteiger partial charge is 0.423 e. The third-order valence-corrected chi connectivity index (χ3v) is 4.08. The first-order chi connectivity index (χ1) is 10.6. The Morgan fingerprint density at radius 1 is 1.17 bits per heavy atom. The Balaban J connectivity index is 2.47. The van der Waals surface area contributed by atoms with E-state index in [1.807, 2.05) is 0 Å². The molecule has 0 saturated carbocycles. The van der Waals surface area contributed by atoms with E-state index in [9.17, 15) is 26.3 Å². The van der Waals surface area contributed by atoms with Crippen molar-refractivity contribution in [3.05, 3.63) is 41.6 Å². The Morgan fingerprint density at radius 3 is 2.35 bits per heavy atom. The molecule has 122 valence electrons. The predicted octanol–water partition coefficient (Wildman–Crippen LogP) is 4.95. The molecule has 23 heavy (non-hydrogen) atoms. The maximum Gasteiger partial charge on any atom is 0.423 e. The molecule has 2 rings (SSSR count). The Kier molecular flexibility index (Phi) is 4.43. The lowest BCUT2D eigenvalue weighted by Gasteiger charge is -2.26. The van der Waals surface area contributed by atoms with Crippen molar-refractivity contribution in [3.63, 3.8) is 0 Å². The second kappa shape index (κ2) is 5.88. The van der Waals surface area contributed by atoms with Gasteiger partial charge in [0.2, 0.25) is 5.54 Å². The van der Waals surface area contributed by atoms with Crippen LogP contribution in [0.1, 0.15) is 11.1 Å². The van der Waals surface area contributed by atoms with Gasteiger partial charge in [-0.2, -0.15) is 41.8 Å². The van der Waals surface area contributed by atoms with Crippen LogP contribution >= 0.6 is 11.8 Å².